The molecule has 0 amide bonds. The molecule has 0 aliphatic carbocycles. The van der Waals surface area contributed by atoms with Crippen LogP contribution in [0.5, 0.6) is 0 Å². The molecule has 0 heterocycles. The summed E-state index contributed by atoms with van der Waals surface area (Å²) >= 11 is 0. The van der Waals surface area contributed by atoms with E-state index < -0.39 is 20.9 Å². The summed E-state index contributed by atoms with van der Waals surface area (Å²) in [6, 6.07) is 0. The lowest BCUT2D eigenvalue weighted by atomic mass is 9.82. The Kier molecular flexibility index (Phi) is 8.53. The van der Waals surface area contributed by atoms with Gasteiger partial charge in [0.25, 0.3) is 0 Å². The highest BCUT2D eigenvalue weighted by atomic mass is 31.2. The number of hydrogen-bond donors (Lipinski definition) is 4. The van der Waals surface area contributed by atoms with Crippen molar-refractivity contribution in [1.82, 2.24) is 5.32 Å². The van der Waals surface area contributed by atoms with Gasteiger partial charge in [0.1, 0.15) is 5.90 Å². The molecule has 0 aromatic carbocycles. The minimum atomic E-state index is -4.42. The molecule has 1 unspecified atom stereocenters. The highest BCUT2D eigenvalue weighted by Crippen LogP contribution is 2.54. The largest absolute Gasteiger partial charge is 0.344 e. The first-order chi connectivity index (χ1) is 9.62. The zero-order chi connectivity index (χ0) is 17.7. The molecular formula is C14H33NO5P2. The average Bonchev–Trinajstić information content (AvgIpc) is 2.15. The SMILES string of the molecule is CC(C)(C)CC(C)(C)NCCCCCP(=O)(O)CP(=O)(O)O. The molecule has 0 aliphatic heterocycles. The number of rotatable bonds is 10. The zero-order valence-electron chi connectivity index (χ0n) is 14.5. The molecule has 6 nitrogen and oxygen atoms in total. The molecule has 4 N–H and O–H groups in total. The first kappa shape index (κ1) is 22.3. The molecule has 0 saturated heterocycles. The average molecular weight is 357 g/mol. The fourth-order valence-corrected chi connectivity index (χ4v) is 6.42. The van der Waals surface area contributed by atoms with Crippen LogP contribution < -0.4 is 5.32 Å². The maximum atomic E-state index is 11.6. The van der Waals surface area contributed by atoms with Crippen LogP contribution in [0, 0.1) is 5.41 Å². The van der Waals surface area contributed by atoms with Crippen LogP contribution in [0.25, 0.3) is 0 Å². The Labute approximate surface area is 134 Å². The predicted octanol–water partition coefficient (Wildman–Crippen LogP) is 3.37. The van der Waals surface area contributed by atoms with E-state index >= 15 is 0 Å². The minimum Gasteiger partial charge on any atom is -0.344 e. The van der Waals surface area contributed by atoms with Gasteiger partial charge in [0, 0.05) is 11.7 Å². The third-order valence-corrected chi connectivity index (χ3v) is 7.42. The Morgan fingerprint density at radius 2 is 1.45 bits per heavy atom. The second kappa shape index (κ2) is 8.41. The van der Waals surface area contributed by atoms with Crippen molar-refractivity contribution in [3.05, 3.63) is 0 Å². The molecule has 0 spiro atoms. The Bertz CT molecular complexity index is 425. The quantitative estimate of drug-likeness (QED) is 0.353. The topological polar surface area (TPSA) is 107 Å². The van der Waals surface area contributed by atoms with Gasteiger partial charge in [-0.25, -0.2) is 0 Å². The normalized spacial score (nSPS) is 16.5. The molecule has 0 aromatic heterocycles. The molecule has 0 aromatic rings. The first-order valence-electron chi connectivity index (χ1n) is 7.72. The zero-order valence-corrected chi connectivity index (χ0v) is 16.3. The van der Waals surface area contributed by atoms with Gasteiger partial charge in [-0.3, -0.25) is 9.13 Å². The van der Waals surface area contributed by atoms with E-state index in [-0.39, 0.29) is 17.1 Å². The van der Waals surface area contributed by atoms with Gasteiger partial charge < -0.3 is 20.0 Å². The molecule has 0 fully saturated rings. The highest BCUT2D eigenvalue weighted by molar-refractivity contribution is 7.72. The fraction of sp³-hybridized carbons (Fsp3) is 1.00. The van der Waals surface area contributed by atoms with Crippen molar-refractivity contribution in [2.75, 3.05) is 18.6 Å². The van der Waals surface area contributed by atoms with E-state index in [1.54, 1.807) is 0 Å². The van der Waals surface area contributed by atoms with Gasteiger partial charge in [0.05, 0.1) is 0 Å². The molecule has 0 radical (unpaired) electrons. The third kappa shape index (κ3) is 13.9. The molecule has 0 bridgehead atoms. The second-order valence-corrected chi connectivity index (χ2v) is 12.6. The van der Waals surface area contributed by atoms with Crippen LogP contribution in [-0.2, 0) is 9.13 Å². The third-order valence-electron chi connectivity index (χ3n) is 3.17. The molecule has 0 aliphatic rings. The van der Waals surface area contributed by atoms with Crippen molar-refractivity contribution < 1.29 is 23.8 Å². The second-order valence-electron chi connectivity index (χ2n) is 7.98. The van der Waals surface area contributed by atoms with E-state index in [1.165, 1.54) is 0 Å². The summed E-state index contributed by atoms with van der Waals surface area (Å²) in [5.41, 5.74) is 0.299. The number of hydrogen-bond acceptors (Lipinski definition) is 3. The van der Waals surface area contributed by atoms with Crippen molar-refractivity contribution in [3.8, 4) is 0 Å². The molecule has 1 atom stereocenters. The molecule has 8 heteroatoms. The van der Waals surface area contributed by atoms with Gasteiger partial charge in [0.2, 0.25) is 7.37 Å². The molecule has 134 valence electrons. The van der Waals surface area contributed by atoms with Crippen LogP contribution in [-0.4, -0.2) is 38.8 Å². The van der Waals surface area contributed by atoms with Gasteiger partial charge in [-0.2, -0.15) is 0 Å². The molecule has 0 saturated carbocycles. The summed E-state index contributed by atoms with van der Waals surface area (Å²) in [6.07, 6.45) is 3.18. The summed E-state index contributed by atoms with van der Waals surface area (Å²) < 4.78 is 22.4. The van der Waals surface area contributed by atoms with Gasteiger partial charge in [-0.1, -0.05) is 27.2 Å². The Morgan fingerprint density at radius 1 is 0.909 bits per heavy atom. The van der Waals surface area contributed by atoms with Crippen LogP contribution >= 0.6 is 15.0 Å². The van der Waals surface area contributed by atoms with Crippen molar-refractivity contribution in [1.29, 1.82) is 0 Å². The van der Waals surface area contributed by atoms with Gasteiger partial charge in [-0.15, -0.1) is 0 Å². The van der Waals surface area contributed by atoms with E-state index in [2.05, 4.69) is 39.9 Å². The smallest absolute Gasteiger partial charge is 0.335 e. The van der Waals surface area contributed by atoms with Crippen molar-refractivity contribution in [2.45, 2.75) is 65.8 Å². The van der Waals surface area contributed by atoms with Gasteiger partial charge in [-0.05, 0) is 45.1 Å². The van der Waals surface area contributed by atoms with Gasteiger partial charge >= 0.3 is 7.60 Å². The summed E-state index contributed by atoms with van der Waals surface area (Å²) in [5.74, 6) is -0.906. The van der Waals surface area contributed by atoms with E-state index in [0.29, 0.717) is 6.42 Å². The van der Waals surface area contributed by atoms with Crippen LogP contribution in [0.2, 0.25) is 0 Å². The fourth-order valence-electron chi connectivity index (χ4n) is 2.83. The van der Waals surface area contributed by atoms with Crippen molar-refractivity contribution in [2.24, 2.45) is 5.41 Å². The predicted molar refractivity (Wildman–Crippen MR) is 91.6 cm³/mol. The van der Waals surface area contributed by atoms with Gasteiger partial charge in [0.15, 0.2) is 0 Å². The van der Waals surface area contributed by atoms with E-state index in [9.17, 15) is 14.0 Å². The Morgan fingerprint density at radius 3 is 1.91 bits per heavy atom. The Hall–Kier alpha value is 0.300. The van der Waals surface area contributed by atoms with Crippen LogP contribution in [0.3, 0.4) is 0 Å². The number of unbranched alkanes of at least 4 members (excludes halogenated alkanes) is 2. The highest BCUT2D eigenvalue weighted by Gasteiger charge is 2.29. The minimum absolute atomic E-state index is 0.0243. The van der Waals surface area contributed by atoms with Crippen molar-refractivity contribution >= 4 is 15.0 Å². The summed E-state index contributed by atoms with van der Waals surface area (Å²) in [4.78, 5) is 27.0. The van der Waals surface area contributed by atoms with Crippen molar-refractivity contribution in [3.63, 3.8) is 0 Å². The maximum absolute atomic E-state index is 11.6. The number of nitrogens with one attached hydrogen (secondary N) is 1. The van der Waals surface area contributed by atoms with E-state index in [0.717, 1.165) is 25.8 Å². The Balaban J connectivity index is 3.91. The lowest BCUT2D eigenvalue weighted by molar-refractivity contribution is 0.241. The lowest BCUT2D eigenvalue weighted by Gasteiger charge is -2.33. The maximum Gasteiger partial charge on any atom is 0.335 e. The summed E-state index contributed by atoms with van der Waals surface area (Å²) in [5, 5.41) is 3.50. The lowest BCUT2D eigenvalue weighted by Crippen LogP contribution is -2.42. The molecule has 0 rings (SSSR count). The first-order valence-corrected chi connectivity index (χ1v) is 11.6. The molecular weight excluding hydrogens is 324 g/mol. The van der Waals surface area contributed by atoms with E-state index in [1.807, 2.05) is 0 Å². The van der Waals surface area contributed by atoms with E-state index in [4.69, 9.17) is 9.79 Å². The van der Waals surface area contributed by atoms with Crippen LogP contribution in [0.4, 0.5) is 0 Å². The summed E-state index contributed by atoms with van der Waals surface area (Å²) in [7, 11) is -8.12. The monoisotopic (exact) mass is 357 g/mol. The standard InChI is InChI=1S/C14H33NO5P2/c1-13(2,3)11-14(4,5)15-9-7-6-8-10-21(16,17)12-22(18,19)20/h15H,6-12H2,1-5H3,(H,16,17)(H2,18,19,20). The summed E-state index contributed by atoms with van der Waals surface area (Å²) in [6.45, 7) is 11.8. The van der Waals surface area contributed by atoms with Crippen LogP contribution in [0.1, 0.15) is 60.3 Å². The van der Waals surface area contributed by atoms with Crippen LogP contribution in [0.15, 0.2) is 0 Å². The molecule has 22 heavy (non-hydrogen) atoms.